The predicted molar refractivity (Wildman–Crippen MR) is 117 cm³/mol. The summed E-state index contributed by atoms with van der Waals surface area (Å²) in [6.07, 6.45) is 1.72. The molecule has 2 aromatic carbocycles. The minimum Gasteiger partial charge on any atom is -0.466 e. The molecular formula is C24H23NO7. The molecule has 0 saturated heterocycles. The van der Waals surface area contributed by atoms with Crippen molar-refractivity contribution in [2.45, 2.75) is 0 Å². The molecule has 32 heavy (non-hydrogen) atoms. The zero-order chi connectivity index (χ0) is 23.1. The van der Waals surface area contributed by atoms with E-state index >= 15 is 0 Å². The zero-order valence-corrected chi connectivity index (χ0v) is 18.0. The Kier molecular flexibility index (Phi) is 7.41. The van der Waals surface area contributed by atoms with Crippen molar-refractivity contribution in [3.8, 4) is 0 Å². The van der Waals surface area contributed by atoms with Crippen LogP contribution in [0.5, 0.6) is 0 Å². The minimum absolute atomic E-state index is 0.0531. The average molecular weight is 437 g/mol. The highest BCUT2D eigenvalue weighted by atomic mass is 16.5. The van der Waals surface area contributed by atoms with Gasteiger partial charge in [0.25, 0.3) is 0 Å². The van der Waals surface area contributed by atoms with E-state index in [4.69, 9.17) is 18.9 Å². The molecule has 3 rings (SSSR count). The monoisotopic (exact) mass is 437 g/mol. The number of esters is 3. The Morgan fingerprint density at radius 1 is 0.875 bits per heavy atom. The van der Waals surface area contributed by atoms with Gasteiger partial charge in [0.1, 0.15) is 12.4 Å². The number of rotatable bonds is 6. The summed E-state index contributed by atoms with van der Waals surface area (Å²) >= 11 is 0. The molecule has 1 aliphatic heterocycles. The summed E-state index contributed by atoms with van der Waals surface area (Å²) in [7, 11) is 3.80. The van der Waals surface area contributed by atoms with E-state index in [1.54, 1.807) is 30.3 Å². The highest BCUT2D eigenvalue weighted by Gasteiger charge is 2.32. The molecular weight excluding hydrogens is 414 g/mol. The van der Waals surface area contributed by atoms with Crippen LogP contribution in [0.15, 0.2) is 65.9 Å². The van der Waals surface area contributed by atoms with E-state index in [9.17, 15) is 14.4 Å². The summed E-state index contributed by atoms with van der Waals surface area (Å²) in [5, 5.41) is 0. The number of methoxy groups -OCH3 is 3. The Hall–Kier alpha value is -3.91. The Balaban J connectivity index is 1.98. The van der Waals surface area contributed by atoms with Crippen LogP contribution in [-0.2, 0) is 33.3 Å². The van der Waals surface area contributed by atoms with E-state index in [2.05, 4.69) is 0 Å². The molecule has 0 fully saturated rings. The Labute approximate surface area is 185 Å². The van der Waals surface area contributed by atoms with Gasteiger partial charge in [-0.2, -0.15) is 0 Å². The van der Waals surface area contributed by atoms with E-state index in [0.29, 0.717) is 11.3 Å². The lowest BCUT2D eigenvalue weighted by atomic mass is 10.0. The van der Waals surface area contributed by atoms with Crippen LogP contribution in [0.2, 0.25) is 0 Å². The maximum atomic E-state index is 12.4. The quantitative estimate of drug-likeness (QED) is 0.295. The first-order valence-electron chi connectivity index (χ1n) is 9.70. The van der Waals surface area contributed by atoms with Crippen LogP contribution in [0, 0.1) is 0 Å². The zero-order valence-electron chi connectivity index (χ0n) is 18.0. The third-order valence-corrected chi connectivity index (χ3v) is 4.84. The van der Waals surface area contributed by atoms with E-state index in [0.717, 1.165) is 11.1 Å². The van der Waals surface area contributed by atoms with Crippen LogP contribution >= 0.6 is 0 Å². The first kappa shape index (κ1) is 22.8. The highest BCUT2D eigenvalue weighted by molar-refractivity contribution is 6.21. The van der Waals surface area contributed by atoms with Crippen molar-refractivity contribution < 1.29 is 33.3 Å². The molecule has 8 nitrogen and oxygen atoms in total. The highest BCUT2D eigenvalue weighted by Crippen LogP contribution is 2.28. The fourth-order valence-electron chi connectivity index (χ4n) is 3.25. The molecule has 8 heteroatoms. The summed E-state index contributed by atoms with van der Waals surface area (Å²) in [6.45, 7) is -0.00840. The van der Waals surface area contributed by atoms with Crippen LogP contribution in [0.4, 0.5) is 5.69 Å². The van der Waals surface area contributed by atoms with E-state index in [-0.39, 0.29) is 24.6 Å². The lowest BCUT2D eigenvalue weighted by Gasteiger charge is -2.31. The first-order valence-corrected chi connectivity index (χ1v) is 9.70. The van der Waals surface area contributed by atoms with Gasteiger partial charge in [0.2, 0.25) is 0 Å². The first-order chi connectivity index (χ1) is 15.5. The number of carbonyl (C=O) groups is 3. The molecule has 166 valence electrons. The van der Waals surface area contributed by atoms with Gasteiger partial charge < -0.3 is 23.8 Å². The molecule has 1 heterocycles. The van der Waals surface area contributed by atoms with E-state index in [1.165, 1.54) is 26.2 Å². The maximum absolute atomic E-state index is 12.4. The van der Waals surface area contributed by atoms with Gasteiger partial charge in [0, 0.05) is 5.69 Å². The lowest BCUT2D eigenvalue weighted by molar-refractivity contribution is -0.140. The van der Waals surface area contributed by atoms with Crippen molar-refractivity contribution in [3.05, 3.63) is 77.0 Å². The standard InChI is InChI=1S/C24H23NO7/c1-29-22(26)19(17-7-5-4-6-8-17)13-16-9-11-18(12-10-16)25-15-32-14-20(23(27)30-2)21(25)24(28)31-3/h4-13H,14-15H2,1-3H3. The molecule has 0 atom stereocenters. The third kappa shape index (κ3) is 4.87. The largest absolute Gasteiger partial charge is 0.466 e. The molecule has 0 aromatic heterocycles. The van der Waals surface area contributed by atoms with Crippen molar-refractivity contribution in [2.75, 3.05) is 39.6 Å². The fraction of sp³-hybridized carbons (Fsp3) is 0.208. The molecule has 0 aliphatic carbocycles. The number of hydrogen-bond donors (Lipinski definition) is 0. The summed E-state index contributed by atoms with van der Waals surface area (Å²) in [5.41, 5.74) is 2.62. The smallest absolute Gasteiger partial charge is 0.355 e. The number of benzene rings is 2. The summed E-state index contributed by atoms with van der Waals surface area (Å²) in [4.78, 5) is 38.4. The predicted octanol–water partition coefficient (Wildman–Crippen LogP) is 2.79. The van der Waals surface area contributed by atoms with Crippen molar-refractivity contribution in [1.29, 1.82) is 0 Å². The van der Waals surface area contributed by atoms with Gasteiger partial charge in [-0.3, -0.25) is 0 Å². The summed E-state index contributed by atoms with van der Waals surface area (Å²) < 4.78 is 20.0. The van der Waals surface area contributed by atoms with Crippen molar-refractivity contribution in [1.82, 2.24) is 0 Å². The van der Waals surface area contributed by atoms with Gasteiger partial charge in [-0.15, -0.1) is 0 Å². The number of ether oxygens (including phenoxy) is 4. The molecule has 2 aromatic rings. The summed E-state index contributed by atoms with van der Waals surface area (Å²) in [5.74, 6) is -1.79. The number of nitrogens with zero attached hydrogens (tertiary/aromatic N) is 1. The van der Waals surface area contributed by atoms with Gasteiger partial charge in [0.05, 0.1) is 39.1 Å². The normalized spacial score (nSPS) is 14.1. The Morgan fingerprint density at radius 3 is 2.12 bits per heavy atom. The molecule has 0 amide bonds. The van der Waals surface area contributed by atoms with Gasteiger partial charge >= 0.3 is 17.9 Å². The second-order valence-electron chi connectivity index (χ2n) is 6.72. The second-order valence-corrected chi connectivity index (χ2v) is 6.72. The van der Waals surface area contributed by atoms with Crippen LogP contribution in [0.3, 0.4) is 0 Å². The average Bonchev–Trinajstić information content (AvgIpc) is 2.86. The van der Waals surface area contributed by atoms with E-state index in [1.807, 2.05) is 30.3 Å². The molecule has 1 aliphatic rings. The van der Waals surface area contributed by atoms with Gasteiger partial charge in [-0.05, 0) is 29.3 Å². The Bertz CT molecular complexity index is 1060. The van der Waals surface area contributed by atoms with Crippen molar-refractivity contribution in [3.63, 3.8) is 0 Å². The van der Waals surface area contributed by atoms with Crippen molar-refractivity contribution >= 4 is 35.2 Å². The maximum Gasteiger partial charge on any atom is 0.355 e. The van der Waals surface area contributed by atoms with Gasteiger partial charge in [-0.25, -0.2) is 14.4 Å². The van der Waals surface area contributed by atoms with Crippen LogP contribution in [0.1, 0.15) is 11.1 Å². The lowest BCUT2D eigenvalue weighted by Crippen LogP contribution is -2.38. The molecule has 0 spiro atoms. The fourth-order valence-corrected chi connectivity index (χ4v) is 3.25. The number of hydrogen-bond acceptors (Lipinski definition) is 8. The summed E-state index contributed by atoms with van der Waals surface area (Å²) in [6, 6.07) is 16.2. The van der Waals surface area contributed by atoms with Crippen LogP contribution in [0.25, 0.3) is 11.6 Å². The number of anilines is 1. The third-order valence-electron chi connectivity index (χ3n) is 4.84. The van der Waals surface area contributed by atoms with Crippen LogP contribution < -0.4 is 4.90 Å². The second kappa shape index (κ2) is 10.4. The molecule has 0 unspecified atom stereocenters. The number of carbonyl (C=O) groups excluding carboxylic acids is 3. The topological polar surface area (TPSA) is 91.4 Å². The van der Waals surface area contributed by atoms with Gasteiger partial charge in [0.15, 0.2) is 0 Å². The molecule has 0 saturated carbocycles. The van der Waals surface area contributed by atoms with Crippen molar-refractivity contribution in [2.24, 2.45) is 0 Å². The molecule has 0 N–H and O–H groups in total. The molecule has 0 radical (unpaired) electrons. The van der Waals surface area contributed by atoms with E-state index < -0.39 is 17.9 Å². The van der Waals surface area contributed by atoms with Gasteiger partial charge in [-0.1, -0.05) is 42.5 Å². The minimum atomic E-state index is -0.672. The molecule has 0 bridgehead atoms. The van der Waals surface area contributed by atoms with Crippen LogP contribution in [-0.4, -0.2) is 52.6 Å². The Morgan fingerprint density at radius 2 is 1.53 bits per heavy atom. The SMILES string of the molecule is COC(=O)C(=Cc1ccc(N2COCC(C(=O)OC)=C2C(=O)OC)cc1)c1ccccc1.